The Kier molecular flexibility index (Phi) is 8.57. The molecule has 0 fully saturated rings. The van der Waals surface area contributed by atoms with E-state index < -0.39 is 6.15 Å². The number of aryl methyl sites for hydroxylation is 2. The Balaban J connectivity index is 0.000000151. The maximum atomic E-state index is 6.21. The van der Waals surface area contributed by atoms with E-state index in [4.69, 9.17) is 13.9 Å². The van der Waals surface area contributed by atoms with Crippen LogP contribution in [0.15, 0.2) is 168 Å². The Hall–Kier alpha value is -5.61. The fourth-order valence-corrected chi connectivity index (χ4v) is 7.21. The number of rotatable bonds is 6. The third-order valence-corrected chi connectivity index (χ3v) is 9.47. The van der Waals surface area contributed by atoms with Crippen LogP contribution in [0, 0.1) is 0 Å². The van der Waals surface area contributed by atoms with Crippen LogP contribution < -0.4 is 31.3 Å². The number of benzene rings is 6. The minimum atomic E-state index is -1.22. The van der Waals surface area contributed by atoms with Crippen molar-refractivity contribution in [2.45, 2.75) is 12.8 Å². The summed E-state index contributed by atoms with van der Waals surface area (Å²) < 4.78 is 16.8. The lowest BCUT2D eigenvalue weighted by atomic mass is 9.13. The summed E-state index contributed by atoms with van der Waals surface area (Å²) in [6.45, 7) is 0. The van der Waals surface area contributed by atoms with Crippen molar-refractivity contribution in [3.63, 3.8) is 0 Å². The topological polar surface area (TPSA) is 29.8 Å². The molecule has 0 aliphatic heterocycles. The van der Waals surface area contributed by atoms with Gasteiger partial charge < -0.3 is 9.47 Å². The molecule has 4 heteroatoms. The van der Waals surface area contributed by atoms with E-state index in [2.05, 4.69) is 140 Å². The molecule has 7 aromatic rings. The van der Waals surface area contributed by atoms with Gasteiger partial charge in [-0.15, -0.1) is 0 Å². The van der Waals surface area contributed by atoms with Crippen LogP contribution in [0.3, 0.4) is 0 Å². The number of ether oxygens (including phenoxy) is 2. The van der Waals surface area contributed by atoms with Crippen LogP contribution in [-0.2, 0) is 12.8 Å². The third kappa shape index (κ3) is 5.79. The Morgan fingerprint density at radius 3 is 1.40 bits per heavy atom. The highest BCUT2D eigenvalue weighted by Gasteiger charge is 2.31. The molecule has 0 atom stereocenters. The first-order chi connectivity index (χ1) is 23.2. The molecule has 1 aromatic heterocycles. The predicted octanol–water partition coefficient (Wildman–Crippen LogP) is 7.56. The standard InChI is InChI=1S/C24H20B.C19H17O3/c1-5-13-21(14-6-1)25(22-15-7-2-8-16-22,23-17-9-3-10-18-23)24-19-11-4-12-20-24;1-20-15-7-8-17-12(10-15)3-4-14-9-13-5-6-16(21-2)11-18(13)22-19(14)17/h1-20H;5-11H,3-4H2,1-2H3/q-1;+1. The quantitative estimate of drug-likeness (QED) is 0.143. The van der Waals surface area contributed by atoms with Crippen molar-refractivity contribution in [2.75, 3.05) is 14.2 Å². The fourth-order valence-electron chi connectivity index (χ4n) is 7.21. The van der Waals surface area contributed by atoms with Crippen LogP contribution in [0.2, 0.25) is 0 Å². The molecule has 3 nitrogen and oxygen atoms in total. The van der Waals surface area contributed by atoms with Crippen LogP contribution in [0.25, 0.3) is 22.3 Å². The first kappa shape index (κ1) is 30.1. The van der Waals surface area contributed by atoms with Gasteiger partial charge in [-0.1, -0.05) is 121 Å². The lowest BCUT2D eigenvalue weighted by Gasteiger charge is -2.44. The molecule has 1 aliphatic carbocycles. The number of methoxy groups -OCH3 is 2. The average molecular weight is 613 g/mol. The van der Waals surface area contributed by atoms with Gasteiger partial charge in [0.1, 0.15) is 17.6 Å². The van der Waals surface area contributed by atoms with E-state index in [1.165, 1.54) is 33.0 Å². The van der Waals surface area contributed by atoms with Crippen LogP contribution in [0.5, 0.6) is 11.5 Å². The zero-order valence-corrected chi connectivity index (χ0v) is 26.8. The molecule has 0 N–H and O–H groups in total. The van der Waals surface area contributed by atoms with Gasteiger partial charge >= 0.3 is 11.3 Å². The van der Waals surface area contributed by atoms with Gasteiger partial charge in [-0.05, 0) is 54.8 Å². The minimum absolute atomic E-state index is 0.807. The predicted molar refractivity (Wildman–Crippen MR) is 197 cm³/mol. The first-order valence-corrected chi connectivity index (χ1v) is 16.2. The fraction of sp³-hybridized carbons (Fsp3) is 0.0930. The summed E-state index contributed by atoms with van der Waals surface area (Å²) in [5.74, 6) is 2.66. The summed E-state index contributed by atoms with van der Waals surface area (Å²) in [6.07, 6.45) is 0.782. The van der Waals surface area contributed by atoms with Crippen LogP contribution in [0.1, 0.15) is 11.1 Å². The molecule has 0 unspecified atom stereocenters. The Bertz CT molecular complexity index is 1930. The van der Waals surface area contributed by atoms with E-state index in [-0.39, 0.29) is 0 Å². The Morgan fingerprint density at radius 1 is 0.468 bits per heavy atom. The molecule has 230 valence electrons. The summed E-state index contributed by atoms with van der Waals surface area (Å²) >= 11 is 0. The van der Waals surface area contributed by atoms with Crippen molar-refractivity contribution >= 4 is 39.0 Å². The molecule has 0 radical (unpaired) electrons. The van der Waals surface area contributed by atoms with E-state index in [0.717, 1.165) is 46.6 Å². The lowest BCUT2D eigenvalue weighted by molar-refractivity contribution is 0.414. The second-order valence-corrected chi connectivity index (χ2v) is 12.0. The second-order valence-electron chi connectivity index (χ2n) is 12.0. The molecule has 0 spiro atoms. The maximum absolute atomic E-state index is 6.21. The molecule has 1 aliphatic rings. The van der Waals surface area contributed by atoms with Crippen molar-refractivity contribution in [1.82, 2.24) is 0 Å². The summed E-state index contributed by atoms with van der Waals surface area (Å²) in [4.78, 5) is 0. The molecule has 0 bridgehead atoms. The van der Waals surface area contributed by atoms with Crippen molar-refractivity contribution in [3.8, 4) is 22.8 Å². The summed E-state index contributed by atoms with van der Waals surface area (Å²) in [5, 5.41) is 1.11. The van der Waals surface area contributed by atoms with E-state index in [9.17, 15) is 0 Å². The lowest BCUT2D eigenvalue weighted by Crippen LogP contribution is -2.74. The average Bonchev–Trinajstić information content (AvgIpc) is 3.16. The monoisotopic (exact) mass is 612 g/mol. The summed E-state index contributed by atoms with van der Waals surface area (Å²) in [6, 6.07) is 57.9. The highest BCUT2D eigenvalue weighted by Crippen LogP contribution is 2.38. The van der Waals surface area contributed by atoms with Crippen LogP contribution >= 0.6 is 0 Å². The summed E-state index contributed by atoms with van der Waals surface area (Å²) in [5.41, 5.74) is 9.90. The number of hydrogen-bond donors (Lipinski definition) is 0. The summed E-state index contributed by atoms with van der Waals surface area (Å²) in [7, 11) is 3.36. The van der Waals surface area contributed by atoms with Gasteiger partial charge in [-0.25, -0.2) is 4.42 Å². The normalized spacial score (nSPS) is 11.9. The van der Waals surface area contributed by atoms with Crippen molar-refractivity contribution < 1.29 is 13.9 Å². The molecule has 6 aromatic carbocycles. The minimum Gasteiger partial charge on any atom is -0.497 e. The molecule has 8 rings (SSSR count). The molecule has 1 heterocycles. The number of fused-ring (bicyclic) bond motifs is 4. The molecule has 0 saturated heterocycles. The van der Waals surface area contributed by atoms with Gasteiger partial charge in [0.2, 0.25) is 0 Å². The van der Waals surface area contributed by atoms with Crippen molar-refractivity contribution in [3.05, 3.63) is 175 Å². The van der Waals surface area contributed by atoms with Crippen LogP contribution in [0.4, 0.5) is 0 Å². The van der Waals surface area contributed by atoms with Gasteiger partial charge in [0.25, 0.3) is 0 Å². The largest absolute Gasteiger partial charge is 0.497 e. The zero-order valence-electron chi connectivity index (χ0n) is 26.8. The third-order valence-electron chi connectivity index (χ3n) is 9.47. The maximum Gasteiger partial charge on any atom is 0.364 e. The Labute approximate surface area is 277 Å². The number of hydrogen-bond acceptors (Lipinski definition) is 2. The van der Waals surface area contributed by atoms with Gasteiger partial charge in [-0.2, -0.15) is 21.9 Å². The molecular weight excluding hydrogens is 575 g/mol. The molecule has 47 heavy (non-hydrogen) atoms. The second kappa shape index (κ2) is 13.4. The first-order valence-electron chi connectivity index (χ1n) is 16.2. The van der Waals surface area contributed by atoms with Gasteiger partial charge in [-0.3, -0.25) is 0 Å². The Morgan fingerprint density at radius 2 is 0.915 bits per heavy atom. The SMILES string of the molecule is COc1ccc2c(c1)CCc1cc3ccc(OC)cc3[o+]c1-2.c1ccc([B-](c2ccccc2)(c2ccccc2)c2ccccc2)cc1. The van der Waals surface area contributed by atoms with Gasteiger partial charge in [0, 0.05) is 0 Å². The molecule has 0 saturated carbocycles. The smallest absolute Gasteiger partial charge is 0.364 e. The van der Waals surface area contributed by atoms with Crippen molar-refractivity contribution in [1.29, 1.82) is 0 Å². The van der Waals surface area contributed by atoms with Crippen molar-refractivity contribution in [2.24, 2.45) is 0 Å². The van der Waals surface area contributed by atoms with Gasteiger partial charge in [0.05, 0.1) is 36.8 Å². The highest BCUT2D eigenvalue weighted by molar-refractivity contribution is 7.19. The molecule has 0 amide bonds. The van der Waals surface area contributed by atoms with E-state index in [0.29, 0.717) is 0 Å². The molecular formula is C43H37BO3. The van der Waals surface area contributed by atoms with Crippen LogP contribution in [-0.4, -0.2) is 20.4 Å². The zero-order chi connectivity index (χ0) is 32.1. The van der Waals surface area contributed by atoms with E-state index in [1.807, 2.05) is 24.3 Å². The van der Waals surface area contributed by atoms with E-state index >= 15 is 0 Å². The highest BCUT2D eigenvalue weighted by atomic mass is 16.5. The van der Waals surface area contributed by atoms with E-state index in [1.54, 1.807) is 14.2 Å². The van der Waals surface area contributed by atoms with Gasteiger partial charge in [0.15, 0.2) is 0 Å².